The minimum atomic E-state index is -0.411. The Labute approximate surface area is 151 Å². The van der Waals surface area contributed by atoms with E-state index in [0.717, 1.165) is 16.9 Å². The minimum absolute atomic E-state index is 0.334. The zero-order valence-corrected chi connectivity index (χ0v) is 14.9. The number of aliphatic hydroxyl groups is 1. The highest BCUT2D eigenvalue weighted by Crippen LogP contribution is 2.26. The fraction of sp³-hybridized carbons (Fsp3) is 0.294. The first-order valence-corrected chi connectivity index (χ1v) is 8.33. The second-order valence-electron chi connectivity index (χ2n) is 5.26. The summed E-state index contributed by atoms with van der Waals surface area (Å²) < 4.78 is 5.87. The van der Waals surface area contributed by atoms with Crippen LogP contribution in [0.5, 0.6) is 5.75 Å². The summed E-state index contributed by atoms with van der Waals surface area (Å²) in [6.07, 6.45) is -0.411. The highest BCUT2D eigenvalue weighted by Gasteiger charge is 2.08. The van der Waals surface area contributed by atoms with Crippen molar-refractivity contribution < 1.29 is 9.84 Å². The summed E-state index contributed by atoms with van der Waals surface area (Å²) in [5.41, 5.74) is 1.78. The summed E-state index contributed by atoms with van der Waals surface area (Å²) in [5, 5.41) is 14.3. The molecule has 1 unspecified atom stereocenters. The molecule has 23 heavy (non-hydrogen) atoms. The van der Waals surface area contributed by atoms with E-state index in [4.69, 9.17) is 39.5 Å². The van der Waals surface area contributed by atoms with Crippen molar-refractivity contribution in [3.8, 4) is 5.75 Å². The SMILES string of the molecule is CC(O)CNCc1cc(Cl)ccc1OCc1ccc(Cl)cc1Cl. The van der Waals surface area contributed by atoms with E-state index in [1.54, 1.807) is 25.1 Å². The van der Waals surface area contributed by atoms with E-state index in [1.165, 1.54) is 0 Å². The van der Waals surface area contributed by atoms with Crippen molar-refractivity contribution >= 4 is 34.8 Å². The lowest BCUT2D eigenvalue weighted by Crippen LogP contribution is -2.24. The molecule has 0 bridgehead atoms. The predicted octanol–water partition coefficient (Wildman–Crippen LogP) is 4.70. The van der Waals surface area contributed by atoms with Crippen molar-refractivity contribution in [1.29, 1.82) is 0 Å². The van der Waals surface area contributed by atoms with Crippen LogP contribution in [0.25, 0.3) is 0 Å². The number of aliphatic hydroxyl groups excluding tert-OH is 1. The Bertz CT molecular complexity index is 662. The molecule has 0 fully saturated rings. The van der Waals surface area contributed by atoms with E-state index < -0.39 is 6.10 Å². The van der Waals surface area contributed by atoms with Crippen LogP contribution in [0, 0.1) is 0 Å². The van der Waals surface area contributed by atoms with Gasteiger partial charge in [0.05, 0.1) is 6.10 Å². The van der Waals surface area contributed by atoms with Gasteiger partial charge in [0.1, 0.15) is 12.4 Å². The smallest absolute Gasteiger partial charge is 0.124 e. The fourth-order valence-electron chi connectivity index (χ4n) is 2.04. The maximum absolute atomic E-state index is 9.31. The summed E-state index contributed by atoms with van der Waals surface area (Å²) >= 11 is 18.1. The van der Waals surface area contributed by atoms with Crippen molar-refractivity contribution in [2.75, 3.05) is 6.54 Å². The van der Waals surface area contributed by atoms with Gasteiger partial charge in [-0.15, -0.1) is 0 Å². The molecule has 2 aromatic rings. The van der Waals surface area contributed by atoms with Crippen LogP contribution in [0.1, 0.15) is 18.1 Å². The first-order valence-electron chi connectivity index (χ1n) is 7.19. The van der Waals surface area contributed by atoms with E-state index in [0.29, 0.717) is 34.8 Å². The molecule has 0 amide bonds. The molecular formula is C17H18Cl3NO2. The summed E-state index contributed by atoms with van der Waals surface area (Å²) in [6, 6.07) is 10.7. The van der Waals surface area contributed by atoms with Gasteiger partial charge < -0.3 is 15.2 Å². The van der Waals surface area contributed by atoms with Gasteiger partial charge in [-0.2, -0.15) is 0 Å². The maximum Gasteiger partial charge on any atom is 0.124 e. The molecule has 1 atom stereocenters. The lowest BCUT2D eigenvalue weighted by atomic mass is 10.2. The zero-order chi connectivity index (χ0) is 16.8. The topological polar surface area (TPSA) is 41.5 Å². The number of hydrogen-bond acceptors (Lipinski definition) is 3. The van der Waals surface area contributed by atoms with Crippen molar-refractivity contribution in [1.82, 2.24) is 5.32 Å². The molecule has 2 rings (SSSR count). The van der Waals surface area contributed by atoms with Crippen molar-refractivity contribution in [3.63, 3.8) is 0 Å². The molecule has 0 radical (unpaired) electrons. The Morgan fingerprint density at radius 2 is 1.74 bits per heavy atom. The van der Waals surface area contributed by atoms with Gasteiger partial charge in [-0.25, -0.2) is 0 Å². The van der Waals surface area contributed by atoms with Gasteiger partial charge in [0.15, 0.2) is 0 Å². The van der Waals surface area contributed by atoms with E-state index in [-0.39, 0.29) is 0 Å². The Morgan fingerprint density at radius 3 is 2.43 bits per heavy atom. The van der Waals surface area contributed by atoms with Gasteiger partial charge in [0.2, 0.25) is 0 Å². The molecule has 124 valence electrons. The van der Waals surface area contributed by atoms with Crippen LogP contribution in [-0.4, -0.2) is 17.8 Å². The van der Waals surface area contributed by atoms with Gasteiger partial charge in [-0.1, -0.05) is 40.9 Å². The maximum atomic E-state index is 9.31. The predicted molar refractivity (Wildman–Crippen MR) is 95.6 cm³/mol. The molecule has 2 aromatic carbocycles. The second kappa shape index (κ2) is 8.76. The third-order valence-electron chi connectivity index (χ3n) is 3.18. The molecule has 0 aliphatic carbocycles. The molecule has 2 N–H and O–H groups in total. The van der Waals surface area contributed by atoms with Crippen LogP contribution in [0.4, 0.5) is 0 Å². The number of benzene rings is 2. The lowest BCUT2D eigenvalue weighted by molar-refractivity contribution is 0.190. The molecule has 0 saturated heterocycles. The molecule has 0 aliphatic heterocycles. The Morgan fingerprint density at radius 1 is 1.04 bits per heavy atom. The van der Waals surface area contributed by atoms with Gasteiger partial charge in [0.25, 0.3) is 0 Å². The number of hydrogen-bond donors (Lipinski definition) is 2. The highest BCUT2D eigenvalue weighted by molar-refractivity contribution is 6.35. The number of halogens is 3. The molecular weight excluding hydrogens is 357 g/mol. The van der Waals surface area contributed by atoms with Crippen LogP contribution in [0.3, 0.4) is 0 Å². The van der Waals surface area contributed by atoms with Gasteiger partial charge in [-0.05, 0) is 37.3 Å². The van der Waals surface area contributed by atoms with Crippen molar-refractivity contribution in [3.05, 3.63) is 62.6 Å². The van der Waals surface area contributed by atoms with Crippen LogP contribution in [-0.2, 0) is 13.2 Å². The van der Waals surface area contributed by atoms with E-state index in [9.17, 15) is 5.11 Å². The average Bonchev–Trinajstić information content (AvgIpc) is 2.47. The third kappa shape index (κ3) is 5.87. The second-order valence-corrected chi connectivity index (χ2v) is 6.54. The fourth-order valence-corrected chi connectivity index (χ4v) is 2.69. The van der Waals surface area contributed by atoms with Crippen molar-refractivity contribution in [2.45, 2.75) is 26.2 Å². The quantitative estimate of drug-likeness (QED) is 0.738. The van der Waals surface area contributed by atoms with Crippen molar-refractivity contribution in [2.24, 2.45) is 0 Å². The first-order chi connectivity index (χ1) is 11.0. The van der Waals surface area contributed by atoms with E-state index >= 15 is 0 Å². The summed E-state index contributed by atoms with van der Waals surface area (Å²) in [7, 11) is 0. The standard InChI is InChI=1S/C17H18Cl3NO2/c1-11(22)8-21-9-13-6-14(18)4-5-17(13)23-10-12-2-3-15(19)7-16(12)20/h2-7,11,21-22H,8-10H2,1H3. The molecule has 0 spiro atoms. The Kier molecular flexibility index (Phi) is 7.00. The first kappa shape index (κ1) is 18.4. The Hall–Kier alpha value is -0.970. The zero-order valence-electron chi connectivity index (χ0n) is 12.7. The third-order valence-corrected chi connectivity index (χ3v) is 4.00. The monoisotopic (exact) mass is 373 g/mol. The van der Waals surface area contributed by atoms with Gasteiger partial charge >= 0.3 is 0 Å². The number of rotatable bonds is 7. The van der Waals surface area contributed by atoms with Gasteiger partial charge in [0, 0.05) is 39.3 Å². The highest BCUT2D eigenvalue weighted by atomic mass is 35.5. The molecule has 0 heterocycles. The summed E-state index contributed by atoms with van der Waals surface area (Å²) in [6.45, 7) is 3.11. The van der Waals surface area contributed by atoms with E-state index in [1.807, 2.05) is 18.2 Å². The largest absolute Gasteiger partial charge is 0.489 e. The molecule has 0 aliphatic rings. The van der Waals surface area contributed by atoms with Gasteiger partial charge in [-0.3, -0.25) is 0 Å². The minimum Gasteiger partial charge on any atom is -0.489 e. The molecule has 6 heteroatoms. The lowest BCUT2D eigenvalue weighted by Gasteiger charge is -2.14. The van der Waals surface area contributed by atoms with Crippen LogP contribution in [0.2, 0.25) is 15.1 Å². The van der Waals surface area contributed by atoms with Crippen LogP contribution >= 0.6 is 34.8 Å². The summed E-state index contributed by atoms with van der Waals surface area (Å²) in [5.74, 6) is 0.721. The number of ether oxygens (including phenoxy) is 1. The molecule has 3 nitrogen and oxygen atoms in total. The molecule has 0 aromatic heterocycles. The summed E-state index contributed by atoms with van der Waals surface area (Å²) in [4.78, 5) is 0. The average molecular weight is 375 g/mol. The Balaban J connectivity index is 2.06. The number of nitrogens with one attached hydrogen (secondary N) is 1. The van der Waals surface area contributed by atoms with E-state index in [2.05, 4.69) is 5.32 Å². The van der Waals surface area contributed by atoms with Crippen LogP contribution in [0.15, 0.2) is 36.4 Å². The van der Waals surface area contributed by atoms with Crippen LogP contribution < -0.4 is 10.1 Å². The molecule has 0 saturated carbocycles. The normalized spacial score (nSPS) is 12.2.